The summed E-state index contributed by atoms with van der Waals surface area (Å²) in [5.41, 5.74) is 3.19. The first-order chi connectivity index (χ1) is 31.5. The Hall–Kier alpha value is -7.00. The number of hydrogen-bond donors (Lipinski definition) is 3. The van der Waals surface area contributed by atoms with Crippen molar-refractivity contribution in [3.05, 3.63) is 228 Å². The van der Waals surface area contributed by atoms with Crippen molar-refractivity contribution in [3.63, 3.8) is 0 Å². The molecule has 2 heterocycles. The average Bonchev–Trinajstić information content (AvgIpc) is 4.08. The maximum absolute atomic E-state index is 12.5. The molecule has 0 amide bonds. The minimum Gasteiger partial charge on any atom is -0.494 e. The maximum Gasteiger partial charge on any atom is 0.135 e. The molecule has 0 bridgehead atoms. The summed E-state index contributed by atoms with van der Waals surface area (Å²) in [6.07, 6.45) is 7.17. The number of aromatic amines is 1. The van der Waals surface area contributed by atoms with E-state index in [0.717, 1.165) is 60.9 Å². The number of nitrogens with one attached hydrogen (secondary N) is 1. The molecule has 0 radical (unpaired) electrons. The molecule has 8 nitrogen and oxygen atoms in total. The topological polar surface area (TPSA) is 105 Å². The van der Waals surface area contributed by atoms with E-state index in [0.29, 0.717) is 24.6 Å². The van der Waals surface area contributed by atoms with Gasteiger partial charge in [-0.25, -0.2) is 9.97 Å². The first-order valence-corrected chi connectivity index (χ1v) is 22.5. The molecule has 9 aromatic rings. The zero-order valence-corrected chi connectivity index (χ0v) is 38.0. The van der Waals surface area contributed by atoms with Gasteiger partial charge in [0.05, 0.1) is 43.5 Å². The lowest BCUT2D eigenvalue weighted by Gasteiger charge is -2.37. The minimum absolute atomic E-state index is 0.00287. The predicted molar refractivity (Wildman–Crippen MR) is 261 cm³/mol. The fraction of sp³-hybridized carbons (Fsp3) is 0.228. The van der Waals surface area contributed by atoms with Gasteiger partial charge in [0.1, 0.15) is 28.2 Å². The molecule has 2 atom stereocenters. The first-order valence-electron chi connectivity index (χ1n) is 22.5. The molecule has 0 fully saturated rings. The van der Waals surface area contributed by atoms with Gasteiger partial charge in [0.15, 0.2) is 0 Å². The van der Waals surface area contributed by atoms with Gasteiger partial charge < -0.3 is 29.2 Å². The zero-order valence-electron chi connectivity index (χ0n) is 38.0. The second-order valence-electron chi connectivity index (χ2n) is 17.1. The van der Waals surface area contributed by atoms with Gasteiger partial charge in [-0.1, -0.05) is 155 Å². The highest BCUT2D eigenvalue weighted by Crippen LogP contribution is 2.44. The number of imidazole rings is 2. The molecular formula is C57H58N4O4. The van der Waals surface area contributed by atoms with E-state index in [-0.39, 0.29) is 11.8 Å². The van der Waals surface area contributed by atoms with Gasteiger partial charge in [0, 0.05) is 6.20 Å². The molecule has 2 aromatic heterocycles. The van der Waals surface area contributed by atoms with E-state index in [2.05, 4.69) is 106 Å². The molecule has 330 valence electrons. The Morgan fingerprint density at radius 2 is 0.969 bits per heavy atom. The van der Waals surface area contributed by atoms with E-state index in [1.807, 2.05) is 127 Å². The summed E-state index contributed by atoms with van der Waals surface area (Å²) in [6.45, 7) is 13.3. The normalized spacial score (nSPS) is 13.6. The Kier molecular flexibility index (Phi) is 13.0. The van der Waals surface area contributed by atoms with Crippen molar-refractivity contribution in [3.8, 4) is 11.5 Å². The van der Waals surface area contributed by atoms with Crippen molar-refractivity contribution in [2.24, 2.45) is 11.8 Å². The lowest BCUT2D eigenvalue weighted by atomic mass is 9.76. The van der Waals surface area contributed by atoms with Gasteiger partial charge in [-0.05, 0) is 111 Å². The van der Waals surface area contributed by atoms with E-state index in [9.17, 15) is 10.2 Å². The number of fused-ring (bicyclic) bond motifs is 2. The number of ether oxygens (including phenoxy) is 2. The first kappa shape index (κ1) is 44.6. The molecule has 2 unspecified atom stereocenters. The molecule has 0 spiro atoms. The number of H-pyrrole nitrogens is 1. The van der Waals surface area contributed by atoms with Crippen molar-refractivity contribution >= 4 is 21.5 Å². The van der Waals surface area contributed by atoms with Crippen LogP contribution in [0.3, 0.4) is 0 Å². The van der Waals surface area contributed by atoms with Crippen molar-refractivity contribution in [1.29, 1.82) is 0 Å². The predicted octanol–water partition coefficient (Wildman–Crippen LogP) is 12.0. The number of aliphatic hydroxyl groups is 2. The van der Waals surface area contributed by atoms with Gasteiger partial charge in [-0.15, -0.1) is 0 Å². The van der Waals surface area contributed by atoms with Gasteiger partial charge in [-0.3, -0.25) is 0 Å². The Labute approximate surface area is 382 Å². The number of aromatic nitrogens is 4. The second-order valence-corrected chi connectivity index (χ2v) is 17.1. The van der Waals surface area contributed by atoms with Crippen molar-refractivity contribution < 1.29 is 19.7 Å². The maximum atomic E-state index is 12.5. The third-order valence-electron chi connectivity index (χ3n) is 12.6. The number of rotatable bonds is 14. The molecule has 8 heteroatoms. The number of benzene rings is 7. The quantitative estimate of drug-likeness (QED) is 0.0941. The largest absolute Gasteiger partial charge is 0.494 e. The van der Waals surface area contributed by atoms with E-state index in [1.165, 1.54) is 0 Å². The average molecular weight is 863 g/mol. The SMILES string of the molecule is CCOc1ccc2cc(C(O)(c3cn(C(c4ccccc4)(c4ccccc4)c4ccccc4)cn3)C(C)C)ccc2c1.CCOc1ccc2cc(C(O)(c3cnc[nH]3)C(C)C)ccc2c1. The monoisotopic (exact) mass is 862 g/mol. The molecule has 0 saturated carbocycles. The fourth-order valence-electron chi connectivity index (χ4n) is 9.16. The van der Waals surface area contributed by atoms with E-state index in [4.69, 9.17) is 14.5 Å². The summed E-state index contributed by atoms with van der Waals surface area (Å²) < 4.78 is 13.4. The lowest BCUT2D eigenvalue weighted by Crippen LogP contribution is -2.37. The van der Waals surface area contributed by atoms with Crippen LogP contribution in [0.15, 0.2) is 189 Å². The van der Waals surface area contributed by atoms with Crippen LogP contribution in [0.1, 0.15) is 80.7 Å². The third-order valence-corrected chi connectivity index (χ3v) is 12.6. The summed E-state index contributed by atoms with van der Waals surface area (Å²) in [4.78, 5) is 12.0. The van der Waals surface area contributed by atoms with Crippen LogP contribution in [0.4, 0.5) is 0 Å². The summed E-state index contributed by atoms with van der Waals surface area (Å²) in [6, 6.07) is 55.8. The number of nitrogens with zero attached hydrogens (tertiary/aromatic N) is 3. The van der Waals surface area contributed by atoms with Crippen molar-refractivity contribution in [2.45, 2.75) is 58.3 Å². The van der Waals surface area contributed by atoms with Crippen LogP contribution in [-0.4, -0.2) is 42.9 Å². The standard InChI is InChI=1S/C38H36N2O2.C19H22N2O2/c1-4-42-35-23-21-29-24-34(22-20-30(29)25-35)38(41,28(2)3)36-26-40(27-39-36)37(31-14-8-5-9-15-31,32-16-10-6-11-17-32)33-18-12-7-13-19-33;1-4-23-17-8-6-14-9-16(7-5-15(14)10-17)19(22,13(2)3)18-11-20-12-21-18/h5-28,41H,4H2,1-3H3;5-13,22H,4H2,1-3H3,(H,20,21). The summed E-state index contributed by atoms with van der Waals surface area (Å²) in [7, 11) is 0. The van der Waals surface area contributed by atoms with Gasteiger partial charge in [0.25, 0.3) is 0 Å². The Balaban J connectivity index is 0.000000211. The molecule has 0 aliphatic heterocycles. The van der Waals surface area contributed by atoms with Gasteiger partial charge in [0.2, 0.25) is 0 Å². The summed E-state index contributed by atoms with van der Waals surface area (Å²) in [5.74, 6) is 1.57. The minimum atomic E-state index is -1.31. The van der Waals surface area contributed by atoms with Crippen molar-refractivity contribution in [1.82, 2.24) is 19.5 Å². The molecular weight excluding hydrogens is 805 g/mol. The summed E-state index contributed by atoms with van der Waals surface area (Å²) in [5, 5.41) is 28.1. The highest BCUT2D eigenvalue weighted by molar-refractivity contribution is 5.85. The fourth-order valence-corrected chi connectivity index (χ4v) is 9.16. The molecule has 0 aliphatic rings. The van der Waals surface area contributed by atoms with Crippen LogP contribution in [0.2, 0.25) is 0 Å². The van der Waals surface area contributed by atoms with Crippen LogP contribution in [-0.2, 0) is 16.7 Å². The Morgan fingerprint density at radius 3 is 1.38 bits per heavy atom. The van der Waals surface area contributed by atoms with E-state index >= 15 is 0 Å². The smallest absolute Gasteiger partial charge is 0.135 e. The van der Waals surface area contributed by atoms with Crippen LogP contribution >= 0.6 is 0 Å². The molecule has 7 aromatic carbocycles. The molecule has 9 rings (SSSR count). The molecule has 0 aliphatic carbocycles. The van der Waals surface area contributed by atoms with E-state index < -0.39 is 16.7 Å². The lowest BCUT2D eigenvalue weighted by molar-refractivity contribution is 0.0278. The number of hydrogen-bond acceptors (Lipinski definition) is 6. The van der Waals surface area contributed by atoms with Crippen LogP contribution < -0.4 is 9.47 Å². The molecule has 3 N–H and O–H groups in total. The Morgan fingerprint density at radius 1 is 0.538 bits per heavy atom. The van der Waals surface area contributed by atoms with E-state index in [1.54, 1.807) is 12.5 Å². The van der Waals surface area contributed by atoms with Crippen LogP contribution in [0.5, 0.6) is 11.5 Å². The highest BCUT2D eigenvalue weighted by Gasteiger charge is 2.42. The highest BCUT2D eigenvalue weighted by atomic mass is 16.5. The Bertz CT molecular complexity index is 2850. The summed E-state index contributed by atoms with van der Waals surface area (Å²) >= 11 is 0. The van der Waals surface area contributed by atoms with Crippen LogP contribution in [0.25, 0.3) is 21.5 Å². The van der Waals surface area contributed by atoms with Gasteiger partial charge >= 0.3 is 0 Å². The molecule has 0 saturated heterocycles. The van der Waals surface area contributed by atoms with Crippen LogP contribution in [0, 0.1) is 11.8 Å². The van der Waals surface area contributed by atoms with Crippen molar-refractivity contribution in [2.75, 3.05) is 13.2 Å². The zero-order chi connectivity index (χ0) is 45.6. The third kappa shape index (κ3) is 8.43. The second kappa shape index (κ2) is 19.0. The molecule has 65 heavy (non-hydrogen) atoms. The van der Waals surface area contributed by atoms with Gasteiger partial charge in [-0.2, -0.15) is 0 Å².